The molecule has 0 aliphatic heterocycles. The molecular formula is C14H16ClN5OS. The van der Waals surface area contributed by atoms with Gasteiger partial charge >= 0.3 is 0 Å². The molecule has 0 saturated carbocycles. The van der Waals surface area contributed by atoms with Crippen LogP contribution in [0.15, 0.2) is 18.5 Å². The van der Waals surface area contributed by atoms with E-state index in [-0.39, 0.29) is 0 Å². The van der Waals surface area contributed by atoms with Gasteiger partial charge in [-0.15, -0.1) is 0 Å². The molecule has 22 heavy (non-hydrogen) atoms. The van der Waals surface area contributed by atoms with Crippen LogP contribution in [0.25, 0.3) is 10.9 Å². The summed E-state index contributed by atoms with van der Waals surface area (Å²) >= 11 is 7.33. The van der Waals surface area contributed by atoms with Crippen molar-refractivity contribution < 1.29 is 4.74 Å². The second kappa shape index (κ2) is 7.04. The lowest BCUT2D eigenvalue weighted by atomic mass is 10.1. The maximum absolute atomic E-state index is 5.95. The van der Waals surface area contributed by atoms with Gasteiger partial charge in [0.2, 0.25) is 5.13 Å². The molecule has 3 heterocycles. The van der Waals surface area contributed by atoms with E-state index in [1.165, 1.54) is 17.1 Å². The molecule has 0 unspecified atom stereocenters. The lowest BCUT2D eigenvalue weighted by Gasteiger charge is -2.01. The van der Waals surface area contributed by atoms with Gasteiger partial charge in [-0.25, -0.2) is 9.97 Å². The van der Waals surface area contributed by atoms with Gasteiger partial charge in [-0.1, -0.05) is 11.6 Å². The Morgan fingerprint density at radius 3 is 3.18 bits per heavy atom. The Morgan fingerprint density at radius 1 is 1.41 bits per heavy atom. The number of halogens is 1. The quantitative estimate of drug-likeness (QED) is 0.648. The summed E-state index contributed by atoms with van der Waals surface area (Å²) in [7, 11) is 1.68. The molecule has 3 aromatic rings. The van der Waals surface area contributed by atoms with Crippen molar-refractivity contribution in [3.05, 3.63) is 35.0 Å². The van der Waals surface area contributed by atoms with Crippen molar-refractivity contribution in [2.24, 2.45) is 0 Å². The average Bonchev–Trinajstić information content (AvgIpc) is 3.12. The van der Waals surface area contributed by atoms with E-state index in [1.54, 1.807) is 13.3 Å². The molecule has 8 heteroatoms. The van der Waals surface area contributed by atoms with Crippen LogP contribution in [0.4, 0.5) is 5.13 Å². The summed E-state index contributed by atoms with van der Waals surface area (Å²) < 4.78 is 9.31. The number of rotatable bonds is 7. The highest BCUT2D eigenvalue weighted by molar-refractivity contribution is 7.09. The van der Waals surface area contributed by atoms with Crippen molar-refractivity contribution >= 4 is 39.2 Å². The zero-order chi connectivity index (χ0) is 15.4. The summed E-state index contributed by atoms with van der Waals surface area (Å²) in [5, 5.41) is 5.76. The zero-order valence-electron chi connectivity index (χ0n) is 12.1. The Hall–Kier alpha value is -1.70. The number of methoxy groups -OCH3 is 1. The van der Waals surface area contributed by atoms with Crippen LogP contribution in [0.3, 0.4) is 0 Å². The third kappa shape index (κ3) is 3.55. The van der Waals surface area contributed by atoms with Crippen molar-refractivity contribution in [1.29, 1.82) is 0 Å². The van der Waals surface area contributed by atoms with Crippen molar-refractivity contribution in [2.45, 2.75) is 12.8 Å². The maximum Gasteiger partial charge on any atom is 0.202 e. The SMILES string of the molecule is COCCc1nsc(NCCc2c[nH]c3cnc(Cl)cc23)n1. The zero-order valence-corrected chi connectivity index (χ0v) is 13.7. The van der Waals surface area contributed by atoms with Gasteiger partial charge in [-0.05, 0) is 18.1 Å². The van der Waals surface area contributed by atoms with E-state index >= 15 is 0 Å². The number of aromatic nitrogens is 4. The summed E-state index contributed by atoms with van der Waals surface area (Å²) in [4.78, 5) is 11.7. The van der Waals surface area contributed by atoms with Crippen LogP contribution in [0.2, 0.25) is 5.15 Å². The fourth-order valence-corrected chi connectivity index (χ4v) is 2.98. The fourth-order valence-electron chi connectivity index (χ4n) is 2.18. The molecule has 0 aromatic carbocycles. The number of nitrogens with one attached hydrogen (secondary N) is 2. The van der Waals surface area contributed by atoms with Gasteiger partial charge in [0.25, 0.3) is 0 Å². The normalized spacial score (nSPS) is 11.2. The number of nitrogens with zero attached hydrogens (tertiary/aromatic N) is 3. The minimum atomic E-state index is 0.508. The Morgan fingerprint density at radius 2 is 2.32 bits per heavy atom. The summed E-state index contributed by atoms with van der Waals surface area (Å²) in [6.45, 7) is 1.42. The first-order chi connectivity index (χ1) is 10.8. The van der Waals surface area contributed by atoms with Gasteiger partial charge in [0.05, 0.1) is 18.3 Å². The molecule has 6 nitrogen and oxygen atoms in total. The van der Waals surface area contributed by atoms with Crippen molar-refractivity contribution in [3.63, 3.8) is 0 Å². The number of pyridine rings is 1. The summed E-state index contributed by atoms with van der Waals surface area (Å²) in [5.74, 6) is 0.819. The third-order valence-corrected chi connectivity index (χ3v) is 4.20. The highest BCUT2D eigenvalue weighted by Gasteiger charge is 2.06. The van der Waals surface area contributed by atoms with Crippen LogP contribution in [0.1, 0.15) is 11.4 Å². The van der Waals surface area contributed by atoms with Crippen LogP contribution >= 0.6 is 23.1 Å². The van der Waals surface area contributed by atoms with E-state index in [2.05, 4.69) is 24.6 Å². The number of hydrogen-bond donors (Lipinski definition) is 2. The highest BCUT2D eigenvalue weighted by atomic mass is 35.5. The molecule has 0 saturated heterocycles. The third-order valence-electron chi connectivity index (χ3n) is 3.29. The molecule has 0 bridgehead atoms. The molecule has 0 spiro atoms. The first kappa shape index (κ1) is 15.2. The van der Waals surface area contributed by atoms with Gasteiger partial charge in [0.1, 0.15) is 11.0 Å². The summed E-state index contributed by atoms with van der Waals surface area (Å²) in [6, 6.07) is 1.89. The van der Waals surface area contributed by atoms with Gasteiger partial charge < -0.3 is 15.0 Å². The monoisotopic (exact) mass is 337 g/mol. The molecule has 0 aliphatic rings. The molecule has 2 N–H and O–H groups in total. The lowest BCUT2D eigenvalue weighted by molar-refractivity contribution is 0.201. The van der Waals surface area contributed by atoms with E-state index in [4.69, 9.17) is 16.3 Å². The first-order valence-corrected chi connectivity index (χ1v) is 8.08. The van der Waals surface area contributed by atoms with E-state index in [9.17, 15) is 0 Å². The smallest absolute Gasteiger partial charge is 0.202 e. The molecule has 3 aromatic heterocycles. The Kier molecular flexibility index (Phi) is 4.87. The van der Waals surface area contributed by atoms with Crippen molar-refractivity contribution in [1.82, 2.24) is 19.3 Å². The van der Waals surface area contributed by atoms with Crippen LogP contribution in [0.5, 0.6) is 0 Å². The van der Waals surface area contributed by atoms with Gasteiger partial charge in [0.15, 0.2) is 0 Å². The topological polar surface area (TPSA) is 75.7 Å². The molecule has 0 radical (unpaired) electrons. The average molecular weight is 338 g/mol. The van der Waals surface area contributed by atoms with Crippen LogP contribution in [0, 0.1) is 0 Å². The standard InChI is InChI=1S/C14H16ClN5OS/c1-21-5-3-13-19-14(22-20-13)16-4-2-9-7-17-11-8-18-12(15)6-10(9)11/h6-8,17H,2-5H2,1H3,(H,16,19,20). The molecule has 116 valence electrons. The minimum Gasteiger partial charge on any atom is -0.384 e. The van der Waals surface area contributed by atoms with Crippen molar-refractivity contribution in [2.75, 3.05) is 25.6 Å². The molecule has 0 fully saturated rings. The minimum absolute atomic E-state index is 0.508. The molecule has 3 rings (SSSR count). The number of ether oxygens (including phenoxy) is 1. The second-order valence-corrected chi connectivity index (χ2v) is 5.94. The highest BCUT2D eigenvalue weighted by Crippen LogP contribution is 2.21. The van der Waals surface area contributed by atoms with Gasteiger partial charge in [-0.2, -0.15) is 4.37 Å². The van der Waals surface area contributed by atoms with E-state index in [0.29, 0.717) is 11.8 Å². The number of hydrogen-bond acceptors (Lipinski definition) is 6. The molecule has 0 amide bonds. The lowest BCUT2D eigenvalue weighted by Crippen LogP contribution is -2.04. The van der Waals surface area contributed by atoms with Crippen LogP contribution < -0.4 is 5.32 Å². The van der Waals surface area contributed by atoms with Gasteiger partial charge in [-0.3, -0.25) is 0 Å². The van der Waals surface area contributed by atoms with Crippen LogP contribution in [-0.2, 0) is 17.6 Å². The fraction of sp³-hybridized carbons (Fsp3) is 0.357. The van der Waals surface area contributed by atoms with E-state index < -0.39 is 0 Å². The first-order valence-electron chi connectivity index (χ1n) is 6.93. The Labute approximate surface area is 137 Å². The maximum atomic E-state index is 5.95. The summed E-state index contributed by atoms with van der Waals surface area (Å²) in [5.41, 5.74) is 2.20. The number of aromatic amines is 1. The summed E-state index contributed by atoms with van der Waals surface area (Å²) in [6.07, 6.45) is 5.35. The van der Waals surface area contributed by atoms with E-state index in [1.807, 2.05) is 12.3 Å². The largest absolute Gasteiger partial charge is 0.384 e. The number of fused-ring (bicyclic) bond motifs is 1. The Bertz CT molecular complexity index is 757. The number of anilines is 1. The van der Waals surface area contributed by atoms with E-state index in [0.717, 1.165) is 41.2 Å². The molecule has 0 atom stereocenters. The second-order valence-electron chi connectivity index (χ2n) is 4.80. The van der Waals surface area contributed by atoms with Gasteiger partial charge in [0, 0.05) is 43.2 Å². The molecule has 0 aliphatic carbocycles. The van der Waals surface area contributed by atoms with Crippen molar-refractivity contribution in [3.8, 4) is 0 Å². The Balaban J connectivity index is 1.58. The predicted octanol–water partition coefficient (Wildman–Crippen LogP) is 2.91. The number of H-pyrrole nitrogens is 1. The predicted molar refractivity (Wildman–Crippen MR) is 88.8 cm³/mol. The molecular weight excluding hydrogens is 322 g/mol. The van der Waals surface area contributed by atoms with Crippen LogP contribution in [-0.4, -0.2) is 39.6 Å².